The van der Waals surface area contributed by atoms with Crippen LogP contribution in [0, 0.1) is 0 Å². The molecule has 31 heavy (non-hydrogen) atoms. The maximum absolute atomic E-state index is 12.3. The van der Waals surface area contributed by atoms with E-state index >= 15 is 0 Å². The molecule has 9 nitrogen and oxygen atoms in total. The van der Waals surface area contributed by atoms with Crippen LogP contribution in [0.2, 0.25) is 0 Å². The van der Waals surface area contributed by atoms with Crippen molar-refractivity contribution in [3.8, 4) is 0 Å². The highest BCUT2D eigenvalue weighted by Crippen LogP contribution is 2.46. The molecule has 0 atom stereocenters. The van der Waals surface area contributed by atoms with E-state index in [-0.39, 0.29) is 18.7 Å². The highest BCUT2D eigenvalue weighted by atomic mass is 32.1. The third kappa shape index (κ3) is 6.05. The van der Waals surface area contributed by atoms with E-state index in [2.05, 4.69) is 10.6 Å². The van der Waals surface area contributed by atoms with Gasteiger partial charge in [0.25, 0.3) is 5.91 Å². The van der Waals surface area contributed by atoms with Crippen LogP contribution in [-0.4, -0.2) is 37.1 Å². The summed E-state index contributed by atoms with van der Waals surface area (Å²) in [5, 5.41) is 7.35. The molecule has 0 bridgehead atoms. The van der Waals surface area contributed by atoms with Crippen LogP contribution in [0.4, 0.5) is 9.80 Å². The monoisotopic (exact) mass is 445 g/mol. The number of nitrogens with one attached hydrogen (secondary N) is 2. The Labute approximate surface area is 182 Å². The van der Waals surface area contributed by atoms with Crippen molar-refractivity contribution in [1.29, 1.82) is 0 Å². The fourth-order valence-corrected chi connectivity index (χ4v) is 3.94. The summed E-state index contributed by atoms with van der Waals surface area (Å²) in [6, 6.07) is 5.69. The Morgan fingerprint density at radius 2 is 1.81 bits per heavy atom. The first-order chi connectivity index (χ1) is 14.9. The Bertz CT molecular complexity index is 982. The standard InChI is InChI=1S/C21H23N3O6S/c1-2-29-20(27)17-15(13-7-8-13)11-31-18(17)24-16(25)10-30-19(26)14-5-3-12(4-6-14)9-23-21(22)28/h3-6,11,13H,2,7-10H2,1H3,(H,24,25)(H3,22,23,28). The quantitative estimate of drug-likeness (QED) is 0.508. The van der Waals surface area contributed by atoms with Crippen LogP contribution in [0.5, 0.6) is 0 Å². The number of ether oxygens (including phenoxy) is 2. The van der Waals surface area contributed by atoms with Crippen LogP contribution >= 0.6 is 11.3 Å². The minimum Gasteiger partial charge on any atom is -0.462 e. The molecule has 1 fully saturated rings. The molecule has 1 aromatic heterocycles. The molecule has 0 saturated heterocycles. The number of urea groups is 1. The number of carbonyl (C=O) groups is 4. The molecule has 1 saturated carbocycles. The summed E-state index contributed by atoms with van der Waals surface area (Å²) in [6.07, 6.45) is 2.01. The zero-order valence-corrected chi connectivity index (χ0v) is 17.8. The summed E-state index contributed by atoms with van der Waals surface area (Å²) >= 11 is 1.25. The van der Waals surface area contributed by atoms with Crippen LogP contribution < -0.4 is 16.4 Å². The second-order valence-corrected chi connectivity index (χ2v) is 7.81. The largest absolute Gasteiger partial charge is 0.462 e. The van der Waals surface area contributed by atoms with Crippen molar-refractivity contribution >= 4 is 40.2 Å². The molecule has 10 heteroatoms. The van der Waals surface area contributed by atoms with E-state index in [0.29, 0.717) is 16.5 Å². The van der Waals surface area contributed by atoms with E-state index in [1.165, 1.54) is 23.5 Å². The molecule has 3 amide bonds. The molecule has 1 aliphatic rings. The lowest BCUT2D eigenvalue weighted by atomic mass is 10.1. The van der Waals surface area contributed by atoms with Crippen LogP contribution in [-0.2, 0) is 20.8 Å². The van der Waals surface area contributed by atoms with Gasteiger partial charge in [-0.15, -0.1) is 11.3 Å². The summed E-state index contributed by atoms with van der Waals surface area (Å²) < 4.78 is 10.2. The van der Waals surface area contributed by atoms with Gasteiger partial charge in [0.1, 0.15) is 5.00 Å². The fraction of sp³-hybridized carbons (Fsp3) is 0.333. The third-order valence-electron chi connectivity index (χ3n) is 4.56. The number of hydrogen-bond donors (Lipinski definition) is 3. The number of thiophene rings is 1. The maximum Gasteiger partial charge on any atom is 0.341 e. The summed E-state index contributed by atoms with van der Waals surface area (Å²) in [4.78, 5) is 47.5. The maximum atomic E-state index is 12.3. The summed E-state index contributed by atoms with van der Waals surface area (Å²) in [6.45, 7) is 1.70. The number of nitrogens with two attached hydrogens (primary N) is 1. The first-order valence-corrected chi connectivity index (χ1v) is 10.6. The van der Waals surface area contributed by atoms with Gasteiger partial charge in [-0.3, -0.25) is 4.79 Å². The van der Waals surface area contributed by atoms with Gasteiger partial charge >= 0.3 is 18.0 Å². The first-order valence-electron chi connectivity index (χ1n) is 9.76. The smallest absolute Gasteiger partial charge is 0.341 e. The number of anilines is 1. The minimum atomic E-state index is -0.667. The molecule has 4 N–H and O–H groups in total. The van der Waals surface area contributed by atoms with E-state index in [1.54, 1.807) is 19.1 Å². The van der Waals surface area contributed by atoms with E-state index in [1.807, 2.05) is 5.38 Å². The van der Waals surface area contributed by atoms with Gasteiger partial charge in [0.15, 0.2) is 6.61 Å². The summed E-state index contributed by atoms with van der Waals surface area (Å²) in [5.41, 5.74) is 7.30. The lowest BCUT2D eigenvalue weighted by molar-refractivity contribution is -0.119. The number of amides is 3. The van der Waals surface area contributed by atoms with E-state index in [4.69, 9.17) is 15.2 Å². The van der Waals surface area contributed by atoms with E-state index < -0.39 is 30.5 Å². The highest BCUT2D eigenvalue weighted by Gasteiger charge is 2.32. The van der Waals surface area contributed by atoms with Crippen LogP contribution in [0.3, 0.4) is 0 Å². The molecule has 1 heterocycles. The van der Waals surface area contributed by atoms with Crippen LogP contribution in [0.1, 0.15) is 57.5 Å². The molecular weight excluding hydrogens is 422 g/mol. The second kappa shape index (κ2) is 10.1. The predicted molar refractivity (Wildman–Crippen MR) is 114 cm³/mol. The average Bonchev–Trinajstić information content (AvgIpc) is 3.51. The molecule has 3 rings (SSSR count). The van der Waals surface area contributed by atoms with Gasteiger partial charge in [-0.05, 0) is 54.3 Å². The zero-order chi connectivity index (χ0) is 22.4. The SMILES string of the molecule is CCOC(=O)c1c(C2CC2)csc1NC(=O)COC(=O)c1ccc(CNC(N)=O)cc1. The van der Waals surface area contributed by atoms with E-state index in [0.717, 1.165) is 24.0 Å². The molecule has 0 unspecified atom stereocenters. The normalized spacial score (nSPS) is 12.7. The minimum absolute atomic E-state index is 0.236. The molecule has 164 valence electrons. The number of carbonyl (C=O) groups excluding carboxylic acids is 4. The second-order valence-electron chi connectivity index (χ2n) is 6.93. The first kappa shape index (κ1) is 22.3. The Hall–Kier alpha value is -3.40. The Morgan fingerprint density at radius 1 is 1.10 bits per heavy atom. The van der Waals surface area contributed by atoms with Gasteiger partial charge < -0.3 is 25.8 Å². The molecule has 0 radical (unpaired) electrons. The van der Waals surface area contributed by atoms with Gasteiger partial charge in [0.05, 0.1) is 17.7 Å². The Balaban J connectivity index is 1.56. The van der Waals surface area contributed by atoms with Crippen molar-refractivity contribution in [2.45, 2.75) is 32.2 Å². The Morgan fingerprint density at radius 3 is 2.42 bits per heavy atom. The number of esters is 2. The highest BCUT2D eigenvalue weighted by molar-refractivity contribution is 7.15. The van der Waals surface area contributed by atoms with Crippen LogP contribution in [0.15, 0.2) is 29.6 Å². The van der Waals surface area contributed by atoms with Crippen molar-refractivity contribution in [2.24, 2.45) is 5.73 Å². The molecule has 0 aliphatic heterocycles. The fourth-order valence-electron chi connectivity index (χ4n) is 2.90. The topological polar surface area (TPSA) is 137 Å². The predicted octanol–water partition coefficient (Wildman–Crippen LogP) is 2.77. The number of benzene rings is 1. The zero-order valence-electron chi connectivity index (χ0n) is 16.9. The molecular formula is C21H23N3O6S. The molecule has 0 spiro atoms. The number of primary amides is 1. The van der Waals surface area contributed by atoms with Crippen molar-refractivity contribution in [3.63, 3.8) is 0 Å². The van der Waals surface area contributed by atoms with Gasteiger partial charge in [-0.1, -0.05) is 12.1 Å². The third-order valence-corrected chi connectivity index (χ3v) is 5.47. The van der Waals surface area contributed by atoms with E-state index in [9.17, 15) is 19.2 Å². The summed E-state index contributed by atoms with van der Waals surface area (Å²) in [5.74, 6) is -1.37. The van der Waals surface area contributed by atoms with Gasteiger partial charge in [0, 0.05) is 6.54 Å². The van der Waals surface area contributed by atoms with Gasteiger partial charge in [0.2, 0.25) is 0 Å². The Kier molecular flexibility index (Phi) is 7.24. The molecule has 1 aliphatic carbocycles. The average molecular weight is 445 g/mol. The van der Waals surface area contributed by atoms with Crippen molar-refractivity contribution in [3.05, 3.63) is 51.9 Å². The van der Waals surface area contributed by atoms with Crippen molar-refractivity contribution in [1.82, 2.24) is 5.32 Å². The van der Waals surface area contributed by atoms with Gasteiger partial charge in [-0.2, -0.15) is 0 Å². The molecule has 1 aromatic carbocycles. The molecule has 2 aromatic rings. The number of hydrogen-bond acceptors (Lipinski definition) is 7. The lowest BCUT2D eigenvalue weighted by Gasteiger charge is -2.09. The number of rotatable bonds is 9. The lowest BCUT2D eigenvalue weighted by Crippen LogP contribution is -2.28. The van der Waals surface area contributed by atoms with Crippen molar-refractivity contribution in [2.75, 3.05) is 18.5 Å². The van der Waals surface area contributed by atoms with Crippen molar-refractivity contribution < 1.29 is 28.7 Å². The summed E-state index contributed by atoms with van der Waals surface area (Å²) in [7, 11) is 0. The van der Waals surface area contributed by atoms with Gasteiger partial charge in [-0.25, -0.2) is 14.4 Å². The van der Waals surface area contributed by atoms with Crippen LogP contribution in [0.25, 0.3) is 0 Å².